The number of nitrogens with zero attached hydrogens (tertiary/aromatic N) is 1. The summed E-state index contributed by atoms with van der Waals surface area (Å²) in [4.78, 5) is 15.3. The Morgan fingerprint density at radius 1 is 1.62 bits per heavy atom. The van der Waals surface area contributed by atoms with Crippen molar-refractivity contribution in [2.45, 2.75) is 12.3 Å². The first kappa shape index (κ1) is 11.6. The van der Waals surface area contributed by atoms with Crippen LogP contribution in [0.3, 0.4) is 0 Å². The summed E-state index contributed by atoms with van der Waals surface area (Å²) in [7, 11) is 3.58. The first-order chi connectivity index (χ1) is 7.72. The number of likely N-dealkylation sites (N-methyl/N-ethyl adjacent to an activating group) is 1. The lowest BCUT2D eigenvalue weighted by Crippen LogP contribution is -2.40. The number of ether oxygens (including phenoxy) is 1. The van der Waals surface area contributed by atoms with Crippen LogP contribution in [0.2, 0.25) is 0 Å². The van der Waals surface area contributed by atoms with Crippen molar-refractivity contribution >= 4 is 17.3 Å². The van der Waals surface area contributed by atoms with E-state index in [4.69, 9.17) is 4.74 Å². The molecule has 4 heteroatoms. The molecule has 1 aliphatic heterocycles. The van der Waals surface area contributed by atoms with Gasteiger partial charge in [0.05, 0.1) is 13.0 Å². The fourth-order valence-corrected chi connectivity index (χ4v) is 3.22. The lowest BCUT2D eigenvalue weighted by atomic mass is 9.84. The molecule has 0 spiro atoms. The summed E-state index contributed by atoms with van der Waals surface area (Å²) in [6, 6.07) is 4.16. The first-order valence-corrected chi connectivity index (χ1v) is 6.40. The Morgan fingerprint density at radius 2 is 2.44 bits per heavy atom. The predicted octanol–water partition coefficient (Wildman–Crippen LogP) is 1.96. The van der Waals surface area contributed by atoms with Gasteiger partial charge in [0.1, 0.15) is 0 Å². The number of carbonyl (C=O) groups excluding carboxylic acids is 1. The summed E-state index contributed by atoms with van der Waals surface area (Å²) in [5, 5.41) is 2.07. The highest BCUT2D eigenvalue weighted by atomic mass is 32.1. The lowest BCUT2D eigenvalue weighted by Gasteiger charge is -2.34. The van der Waals surface area contributed by atoms with E-state index in [0.29, 0.717) is 5.92 Å². The van der Waals surface area contributed by atoms with Crippen molar-refractivity contribution in [3.05, 3.63) is 22.4 Å². The third kappa shape index (κ3) is 2.28. The zero-order valence-electron chi connectivity index (χ0n) is 9.68. The summed E-state index contributed by atoms with van der Waals surface area (Å²) in [6.45, 7) is 1.92. The van der Waals surface area contributed by atoms with E-state index in [1.165, 1.54) is 12.0 Å². The quantitative estimate of drug-likeness (QED) is 0.739. The monoisotopic (exact) mass is 239 g/mol. The molecule has 16 heavy (non-hydrogen) atoms. The van der Waals surface area contributed by atoms with Gasteiger partial charge in [0, 0.05) is 17.3 Å². The van der Waals surface area contributed by atoms with E-state index in [9.17, 15) is 4.79 Å². The van der Waals surface area contributed by atoms with E-state index in [2.05, 4.69) is 23.4 Å². The maximum absolute atomic E-state index is 11.7. The molecule has 1 aromatic rings. The average Bonchev–Trinajstić information content (AvgIpc) is 2.81. The van der Waals surface area contributed by atoms with Crippen LogP contribution >= 0.6 is 11.3 Å². The van der Waals surface area contributed by atoms with E-state index >= 15 is 0 Å². The third-order valence-electron chi connectivity index (χ3n) is 3.23. The van der Waals surface area contributed by atoms with E-state index < -0.39 is 0 Å². The maximum atomic E-state index is 11.7. The number of hydrogen-bond acceptors (Lipinski definition) is 4. The normalized spacial score (nSPS) is 26.6. The number of esters is 1. The van der Waals surface area contributed by atoms with Crippen molar-refractivity contribution in [3.8, 4) is 0 Å². The van der Waals surface area contributed by atoms with Crippen molar-refractivity contribution in [2.75, 3.05) is 27.2 Å². The molecule has 0 saturated carbocycles. The molecular weight excluding hydrogens is 222 g/mol. The van der Waals surface area contributed by atoms with Crippen molar-refractivity contribution in [1.29, 1.82) is 0 Å². The number of methoxy groups -OCH3 is 1. The van der Waals surface area contributed by atoms with Crippen molar-refractivity contribution < 1.29 is 9.53 Å². The van der Waals surface area contributed by atoms with Gasteiger partial charge in [-0.3, -0.25) is 4.79 Å². The minimum Gasteiger partial charge on any atom is -0.469 e. The Morgan fingerprint density at radius 3 is 3.06 bits per heavy atom. The van der Waals surface area contributed by atoms with Gasteiger partial charge in [0.15, 0.2) is 0 Å². The molecule has 88 valence electrons. The van der Waals surface area contributed by atoms with Gasteiger partial charge >= 0.3 is 5.97 Å². The van der Waals surface area contributed by atoms with Gasteiger partial charge in [-0.05, 0) is 31.5 Å². The van der Waals surface area contributed by atoms with Crippen LogP contribution in [0, 0.1) is 5.92 Å². The Balaban J connectivity index is 2.19. The molecule has 0 N–H and O–H groups in total. The fourth-order valence-electron chi connectivity index (χ4n) is 2.34. The average molecular weight is 239 g/mol. The van der Waals surface area contributed by atoms with Gasteiger partial charge < -0.3 is 9.64 Å². The van der Waals surface area contributed by atoms with Crippen LogP contribution in [0.15, 0.2) is 17.5 Å². The Labute approximate surface area is 100 Å². The van der Waals surface area contributed by atoms with Crippen molar-refractivity contribution in [2.24, 2.45) is 5.92 Å². The number of thiophene rings is 1. The number of rotatable bonds is 2. The SMILES string of the molecule is COC(=O)[C@@H]1CCN(C)C[C@@H]1c1cccs1. The first-order valence-electron chi connectivity index (χ1n) is 5.52. The molecule has 0 aromatic carbocycles. The number of hydrogen-bond donors (Lipinski definition) is 0. The number of carbonyl (C=O) groups is 1. The molecule has 1 saturated heterocycles. The molecule has 3 nitrogen and oxygen atoms in total. The molecule has 2 atom stereocenters. The molecule has 1 aromatic heterocycles. The molecule has 0 bridgehead atoms. The highest BCUT2D eigenvalue weighted by Gasteiger charge is 2.35. The highest BCUT2D eigenvalue weighted by molar-refractivity contribution is 7.10. The topological polar surface area (TPSA) is 29.5 Å². The van der Waals surface area contributed by atoms with Crippen LogP contribution in [0.1, 0.15) is 17.2 Å². The molecule has 0 unspecified atom stereocenters. The lowest BCUT2D eigenvalue weighted by molar-refractivity contribution is -0.147. The number of likely N-dealkylation sites (tertiary alicyclic amines) is 1. The summed E-state index contributed by atoms with van der Waals surface area (Å²) in [5.41, 5.74) is 0. The molecule has 2 heterocycles. The summed E-state index contributed by atoms with van der Waals surface area (Å²) >= 11 is 1.73. The predicted molar refractivity (Wildman–Crippen MR) is 64.7 cm³/mol. The molecule has 1 aliphatic rings. The van der Waals surface area contributed by atoms with E-state index in [-0.39, 0.29) is 11.9 Å². The van der Waals surface area contributed by atoms with Gasteiger partial charge in [-0.2, -0.15) is 0 Å². The molecule has 0 aliphatic carbocycles. The van der Waals surface area contributed by atoms with Crippen molar-refractivity contribution in [1.82, 2.24) is 4.90 Å². The standard InChI is InChI=1S/C12H17NO2S/c1-13-6-5-9(12(14)15-2)10(8-13)11-4-3-7-16-11/h3-4,7,9-10H,5-6,8H2,1-2H3/t9-,10+/m1/s1. The van der Waals surface area contributed by atoms with Crippen LogP contribution in [0.25, 0.3) is 0 Å². The summed E-state index contributed by atoms with van der Waals surface area (Å²) < 4.78 is 4.90. The zero-order chi connectivity index (χ0) is 11.5. The van der Waals surface area contributed by atoms with Gasteiger partial charge in [-0.1, -0.05) is 6.07 Å². The van der Waals surface area contributed by atoms with Crippen LogP contribution in [0.4, 0.5) is 0 Å². The van der Waals surface area contributed by atoms with Gasteiger partial charge in [0.2, 0.25) is 0 Å². The number of piperidine rings is 1. The summed E-state index contributed by atoms with van der Waals surface area (Å²) in [6.07, 6.45) is 0.895. The largest absolute Gasteiger partial charge is 0.469 e. The molecule has 0 radical (unpaired) electrons. The van der Waals surface area contributed by atoms with Crippen LogP contribution in [-0.2, 0) is 9.53 Å². The Kier molecular flexibility index (Phi) is 3.61. The van der Waals surface area contributed by atoms with E-state index in [0.717, 1.165) is 19.5 Å². The molecule has 2 rings (SSSR count). The van der Waals surface area contributed by atoms with Gasteiger partial charge in [-0.25, -0.2) is 0 Å². The molecular formula is C12H17NO2S. The minimum absolute atomic E-state index is 0.0276. The molecule has 1 fully saturated rings. The maximum Gasteiger partial charge on any atom is 0.309 e. The zero-order valence-corrected chi connectivity index (χ0v) is 10.5. The summed E-state index contributed by atoms with van der Waals surface area (Å²) in [5.74, 6) is 0.262. The highest BCUT2D eigenvalue weighted by Crippen LogP contribution is 2.35. The Hall–Kier alpha value is -0.870. The van der Waals surface area contributed by atoms with Crippen LogP contribution < -0.4 is 0 Å². The smallest absolute Gasteiger partial charge is 0.309 e. The second kappa shape index (κ2) is 4.97. The fraction of sp³-hybridized carbons (Fsp3) is 0.583. The van der Waals surface area contributed by atoms with E-state index in [1.807, 2.05) is 6.07 Å². The Bertz CT molecular complexity index is 350. The third-order valence-corrected chi connectivity index (χ3v) is 4.23. The minimum atomic E-state index is -0.0634. The van der Waals surface area contributed by atoms with Crippen LogP contribution in [-0.4, -0.2) is 38.1 Å². The second-order valence-corrected chi connectivity index (χ2v) is 5.28. The molecule has 0 amide bonds. The van der Waals surface area contributed by atoms with Crippen LogP contribution in [0.5, 0.6) is 0 Å². The van der Waals surface area contributed by atoms with Gasteiger partial charge in [-0.15, -0.1) is 11.3 Å². The second-order valence-electron chi connectivity index (χ2n) is 4.30. The van der Waals surface area contributed by atoms with Crippen molar-refractivity contribution in [3.63, 3.8) is 0 Å². The van der Waals surface area contributed by atoms with Gasteiger partial charge in [0.25, 0.3) is 0 Å². The van der Waals surface area contributed by atoms with E-state index in [1.54, 1.807) is 11.3 Å².